The van der Waals surface area contributed by atoms with Crippen LogP contribution in [0.2, 0.25) is 5.15 Å². The summed E-state index contributed by atoms with van der Waals surface area (Å²) in [5, 5.41) is 16.3. The van der Waals surface area contributed by atoms with Crippen molar-refractivity contribution in [2.24, 2.45) is 0 Å². The number of aliphatic hydroxyl groups excluding tert-OH is 1. The molecule has 2 atom stereocenters. The average Bonchev–Trinajstić information content (AvgIpc) is 3.00. The Kier molecular flexibility index (Phi) is 7.23. The molecule has 1 fully saturated rings. The fourth-order valence-electron chi connectivity index (χ4n) is 2.70. The minimum absolute atomic E-state index is 0.0290. The third-order valence-electron chi connectivity index (χ3n) is 3.89. The summed E-state index contributed by atoms with van der Waals surface area (Å²) in [6.45, 7) is 5.24. The number of carbonyl (C=O) groups excluding carboxylic acids is 1. The molecule has 1 aromatic heterocycles. The van der Waals surface area contributed by atoms with Gasteiger partial charge in [0.1, 0.15) is 0 Å². The minimum Gasteiger partial charge on any atom is -0.390 e. The summed E-state index contributed by atoms with van der Waals surface area (Å²) in [7, 11) is 0. The van der Waals surface area contributed by atoms with Crippen molar-refractivity contribution < 1.29 is 9.90 Å². The van der Waals surface area contributed by atoms with E-state index in [1.54, 1.807) is 18.3 Å². The topological polar surface area (TPSA) is 77.5 Å². The Labute approximate surface area is 142 Å². The molecule has 1 amide bonds. The van der Waals surface area contributed by atoms with E-state index < -0.39 is 6.10 Å². The molecule has 0 saturated carbocycles. The first kappa shape index (κ1) is 18.1. The highest BCUT2D eigenvalue weighted by atomic mass is 35.5. The molecular formula is C16H25ClN4O2. The first-order valence-electron chi connectivity index (χ1n) is 8.09. The lowest BCUT2D eigenvalue weighted by molar-refractivity contribution is -0.116. The van der Waals surface area contributed by atoms with Crippen LogP contribution in [0.15, 0.2) is 18.3 Å². The van der Waals surface area contributed by atoms with E-state index in [1.165, 1.54) is 12.8 Å². The lowest BCUT2D eigenvalue weighted by Gasteiger charge is -2.21. The molecule has 23 heavy (non-hydrogen) atoms. The maximum atomic E-state index is 12.0. The predicted molar refractivity (Wildman–Crippen MR) is 91.6 cm³/mol. The Hall–Kier alpha value is -1.21. The lowest BCUT2D eigenvalue weighted by atomic mass is 10.2. The van der Waals surface area contributed by atoms with Crippen molar-refractivity contribution in [2.45, 2.75) is 38.3 Å². The number of β-amino-alcohol motifs (C(OH)–C–C–N with tert-alkyl or cyclic N) is 1. The number of aromatic nitrogens is 1. The summed E-state index contributed by atoms with van der Waals surface area (Å²) in [5.41, 5.74) is 0.514. The third kappa shape index (κ3) is 6.43. The zero-order valence-corrected chi connectivity index (χ0v) is 14.2. The second kappa shape index (κ2) is 9.17. The van der Waals surface area contributed by atoms with Crippen molar-refractivity contribution in [3.8, 4) is 0 Å². The van der Waals surface area contributed by atoms with Gasteiger partial charge in [0.05, 0.1) is 11.8 Å². The molecule has 1 aliphatic heterocycles. The molecule has 7 heteroatoms. The summed E-state index contributed by atoms with van der Waals surface area (Å²) in [6.07, 6.45) is 3.90. The van der Waals surface area contributed by atoms with Crippen LogP contribution in [0, 0.1) is 0 Å². The van der Waals surface area contributed by atoms with E-state index in [-0.39, 0.29) is 17.1 Å². The zero-order chi connectivity index (χ0) is 16.7. The molecule has 0 aromatic carbocycles. The zero-order valence-electron chi connectivity index (χ0n) is 13.5. The fourth-order valence-corrected chi connectivity index (χ4v) is 2.86. The number of amides is 1. The van der Waals surface area contributed by atoms with E-state index in [0.717, 1.165) is 13.1 Å². The Morgan fingerprint density at radius 2 is 2.22 bits per heavy atom. The maximum absolute atomic E-state index is 12.0. The third-order valence-corrected chi connectivity index (χ3v) is 4.20. The van der Waals surface area contributed by atoms with E-state index in [4.69, 9.17) is 11.6 Å². The fraction of sp³-hybridized carbons (Fsp3) is 0.625. The van der Waals surface area contributed by atoms with Crippen molar-refractivity contribution in [3.63, 3.8) is 0 Å². The van der Waals surface area contributed by atoms with Gasteiger partial charge in [-0.25, -0.2) is 4.98 Å². The van der Waals surface area contributed by atoms with Crippen molar-refractivity contribution in [1.29, 1.82) is 0 Å². The average molecular weight is 341 g/mol. The molecule has 2 heterocycles. The number of pyridine rings is 1. The monoisotopic (exact) mass is 340 g/mol. The van der Waals surface area contributed by atoms with Gasteiger partial charge in [-0.1, -0.05) is 11.6 Å². The Morgan fingerprint density at radius 1 is 1.48 bits per heavy atom. The van der Waals surface area contributed by atoms with Crippen LogP contribution in [0.1, 0.15) is 26.2 Å². The molecule has 0 spiro atoms. The summed E-state index contributed by atoms with van der Waals surface area (Å²) in [6, 6.07) is 3.40. The van der Waals surface area contributed by atoms with Crippen molar-refractivity contribution >= 4 is 23.2 Å². The Morgan fingerprint density at radius 3 is 2.91 bits per heavy atom. The number of nitrogens with one attached hydrogen (secondary N) is 2. The van der Waals surface area contributed by atoms with E-state index in [0.29, 0.717) is 25.2 Å². The number of likely N-dealkylation sites (tertiary alicyclic amines) is 1. The summed E-state index contributed by atoms with van der Waals surface area (Å²) in [5.74, 6) is -0.131. The van der Waals surface area contributed by atoms with Gasteiger partial charge in [0.2, 0.25) is 5.91 Å². The molecule has 2 unspecified atom stereocenters. The van der Waals surface area contributed by atoms with Crippen LogP contribution in [0.4, 0.5) is 5.69 Å². The molecule has 128 valence electrons. The van der Waals surface area contributed by atoms with Crippen LogP contribution in [-0.4, -0.2) is 59.2 Å². The van der Waals surface area contributed by atoms with Crippen LogP contribution in [0.25, 0.3) is 0 Å². The normalized spacial score (nSPS) is 17.9. The van der Waals surface area contributed by atoms with Gasteiger partial charge in [-0.2, -0.15) is 0 Å². The summed E-state index contributed by atoms with van der Waals surface area (Å²) in [4.78, 5) is 18.2. The number of anilines is 1. The van der Waals surface area contributed by atoms with Crippen molar-refractivity contribution in [1.82, 2.24) is 15.2 Å². The molecule has 1 saturated heterocycles. The largest absolute Gasteiger partial charge is 0.390 e. The first-order valence-corrected chi connectivity index (χ1v) is 8.46. The molecule has 6 nitrogen and oxygen atoms in total. The van der Waals surface area contributed by atoms with Crippen molar-refractivity contribution in [2.75, 3.05) is 31.5 Å². The van der Waals surface area contributed by atoms with Crippen molar-refractivity contribution in [3.05, 3.63) is 23.5 Å². The van der Waals surface area contributed by atoms with Gasteiger partial charge in [-0.3, -0.25) is 4.79 Å². The second-order valence-corrected chi connectivity index (χ2v) is 6.42. The van der Waals surface area contributed by atoms with Gasteiger partial charge in [0.15, 0.2) is 5.15 Å². The molecular weight excluding hydrogens is 316 g/mol. The highest BCUT2D eigenvalue weighted by molar-refractivity contribution is 6.32. The van der Waals surface area contributed by atoms with E-state index >= 15 is 0 Å². The molecule has 0 radical (unpaired) electrons. The van der Waals surface area contributed by atoms with Crippen LogP contribution in [0.5, 0.6) is 0 Å². The summed E-state index contributed by atoms with van der Waals surface area (Å²) < 4.78 is 0. The second-order valence-electron chi connectivity index (χ2n) is 6.06. The molecule has 1 aliphatic rings. The molecule has 0 bridgehead atoms. The number of rotatable bonds is 8. The standard InChI is InChI=1S/C16H25ClN4O2/c1-12(19-10-13(22)11-21-7-2-3-8-21)9-15(23)20-14-5-4-6-18-16(14)17/h4-6,12-13,19,22H,2-3,7-11H2,1H3,(H,20,23). The number of nitrogens with zero attached hydrogens (tertiary/aromatic N) is 2. The maximum Gasteiger partial charge on any atom is 0.226 e. The Balaban J connectivity index is 1.66. The van der Waals surface area contributed by atoms with E-state index in [1.807, 2.05) is 6.92 Å². The summed E-state index contributed by atoms with van der Waals surface area (Å²) >= 11 is 5.91. The van der Waals surface area contributed by atoms with Crippen LogP contribution >= 0.6 is 11.6 Å². The lowest BCUT2D eigenvalue weighted by Crippen LogP contribution is -2.41. The quantitative estimate of drug-likeness (QED) is 0.625. The SMILES string of the molecule is CC(CC(=O)Nc1cccnc1Cl)NCC(O)CN1CCCC1. The first-order chi connectivity index (χ1) is 11.0. The molecule has 0 aliphatic carbocycles. The number of hydrogen-bond donors (Lipinski definition) is 3. The molecule has 2 rings (SSSR count). The smallest absolute Gasteiger partial charge is 0.226 e. The van der Waals surface area contributed by atoms with Crippen LogP contribution in [0.3, 0.4) is 0 Å². The van der Waals surface area contributed by atoms with E-state index in [9.17, 15) is 9.90 Å². The van der Waals surface area contributed by atoms with E-state index in [2.05, 4.69) is 20.5 Å². The van der Waals surface area contributed by atoms with Gasteiger partial charge in [0, 0.05) is 31.7 Å². The number of aliphatic hydroxyl groups is 1. The van der Waals surface area contributed by atoms with Gasteiger partial charge >= 0.3 is 0 Å². The van der Waals surface area contributed by atoms with Gasteiger partial charge in [0.25, 0.3) is 0 Å². The Bertz CT molecular complexity index is 509. The van der Waals surface area contributed by atoms with Gasteiger partial charge < -0.3 is 20.6 Å². The molecule has 3 N–H and O–H groups in total. The highest BCUT2D eigenvalue weighted by Crippen LogP contribution is 2.17. The number of carbonyl (C=O) groups is 1. The van der Waals surface area contributed by atoms with Crippen LogP contribution < -0.4 is 10.6 Å². The number of halogens is 1. The number of hydrogen-bond acceptors (Lipinski definition) is 5. The minimum atomic E-state index is -0.411. The van der Waals surface area contributed by atoms with Gasteiger partial charge in [-0.15, -0.1) is 0 Å². The van der Waals surface area contributed by atoms with Crippen LogP contribution in [-0.2, 0) is 4.79 Å². The highest BCUT2D eigenvalue weighted by Gasteiger charge is 2.17. The molecule has 1 aromatic rings. The van der Waals surface area contributed by atoms with Gasteiger partial charge in [-0.05, 0) is 45.0 Å². The predicted octanol–water partition coefficient (Wildman–Crippen LogP) is 1.50.